The van der Waals surface area contributed by atoms with Gasteiger partial charge in [-0.3, -0.25) is 4.79 Å². The number of nitrogens with zero attached hydrogens (tertiary/aromatic N) is 2. The average Bonchev–Trinajstić information content (AvgIpc) is 2.91. The summed E-state index contributed by atoms with van der Waals surface area (Å²) in [5, 5.41) is 11.1. The third-order valence-corrected chi connectivity index (χ3v) is 5.05. The van der Waals surface area contributed by atoms with Crippen molar-refractivity contribution in [1.29, 1.82) is 0 Å². The Kier molecular flexibility index (Phi) is 7.66. The minimum Gasteiger partial charge on any atom is -0.356 e. The van der Waals surface area contributed by atoms with Crippen LogP contribution in [0, 0.1) is 19.8 Å². The topological polar surface area (TPSA) is 59.0 Å². The van der Waals surface area contributed by atoms with Crippen molar-refractivity contribution in [2.75, 3.05) is 19.6 Å². The maximum atomic E-state index is 12.3. The van der Waals surface area contributed by atoms with E-state index < -0.39 is 0 Å². The van der Waals surface area contributed by atoms with Gasteiger partial charge in [0.1, 0.15) is 0 Å². The van der Waals surface area contributed by atoms with Gasteiger partial charge in [-0.25, -0.2) is 4.68 Å². The van der Waals surface area contributed by atoms with Crippen LogP contribution in [0.5, 0.6) is 0 Å². The molecule has 0 spiro atoms. The third-order valence-electron chi connectivity index (χ3n) is 5.05. The van der Waals surface area contributed by atoms with Gasteiger partial charge in [0.2, 0.25) is 5.91 Å². The molecule has 6 heteroatoms. The fourth-order valence-electron chi connectivity index (χ4n) is 3.56. The largest absolute Gasteiger partial charge is 0.356 e. The molecule has 2 heterocycles. The number of aromatic nitrogens is 2. The number of carbonyl (C=O) groups is 1. The fraction of sp³-hybridized carbons (Fsp3) is 0.500. The highest BCUT2D eigenvalue weighted by atomic mass is 35.5. The van der Waals surface area contributed by atoms with Crippen molar-refractivity contribution in [1.82, 2.24) is 20.4 Å². The van der Waals surface area contributed by atoms with E-state index >= 15 is 0 Å². The first-order valence-electron chi connectivity index (χ1n) is 9.23. The van der Waals surface area contributed by atoms with Crippen LogP contribution < -0.4 is 10.6 Å². The molecule has 0 radical (unpaired) electrons. The van der Waals surface area contributed by atoms with E-state index in [0.717, 1.165) is 48.7 Å². The molecule has 1 atom stereocenters. The van der Waals surface area contributed by atoms with E-state index in [4.69, 9.17) is 0 Å². The lowest BCUT2D eigenvalue weighted by Crippen LogP contribution is -2.33. The first-order chi connectivity index (χ1) is 12.1. The molecule has 1 aromatic carbocycles. The average molecular weight is 377 g/mol. The second-order valence-corrected chi connectivity index (χ2v) is 6.92. The molecular weight excluding hydrogens is 348 g/mol. The molecule has 26 heavy (non-hydrogen) atoms. The van der Waals surface area contributed by atoms with Gasteiger partial charge in [-0.05, 0) is 64.3 Å². The van der Waals surface area contributed by atoms with E-state index in [1.165, 1.54) is 12.8 Å². The number of para-hydroxylation sites is 1. The second-order valence-electron chi connectivity index (χ2n) is 6.92. The molecule has 2 N–H and O–H groups in total. The summed E-state index contributed by atoms with van der Waals surface area (Å²) in [6, 6.07) is 10.0. The number of aryl methyl sites for hydroxylation is 1. The summed E-state index contributed by atoms with van der Waals surface area (Å²) in [6.07, 6.45) is 3.97. The van der Waals surface area contributed by atoms with Crippen LogP contribution in [0.1, 0.15) is 36.2 Å². The van der Waals surface area contributed by atoms with Crippen molar-refractivity contribution in [3.63, 3.8) is 0 Å². The van der Waals surface area contributed by atoms with E-state index in [2.05, 4.69) is 15.7 Å². The normalized spacial score (nSPS) is 16.8. The number of nitrogens with one attached hydrogen (secondary N) is 2. The molecule has 142 valence electrons. The summed E-state index contributed by atoms with van der Waals surface area (Å²) in [5.74, 6) is 0.779. The Labute approximate surface area is 162 Å². The monoisotopic (exact) mass is 376 g/mol. The van der Waals surface area contributed by atoms with Gasteiger partial charge in [-0.1, -0.05) is 18.2 Å². The zero-order chi connectivity index (χ0) is 17.6. The lowest BCUT2D eigenvalue weighted by atomic mass is 9.96. The lowest BCUT2D eigenvalue weighted by molar-refractivity contribution is -0.120. The van der Waals surface area contributed by atoms with Gasteiger partial charge in [-0.2, -0.15) is 5.10 Å². The van der Waals surface area contributed by atoms with Gasteiger partial charge < -0.3 is 10.6 Å². The molecule has 2 aromatic rings. The molecule has 5 nitrogen and oxygen atoms in total. The Morgan fingerprint density at radius 1 is 1.31 bits per heavy atom. The van der Waals surface area contributed by atoms with Crippen LogP contribution in [0.2, 0.25) is 0 Å². The minimum atomic E-state index is 0. The molecule has 1 saturated heterocycles. The van der Waals surface area contributed by atoms with Gasteiger partial charge >= 0.3 is 0 Å². The standard InChI is InChI=1S/C20H28N4O.ClH/c1-15-19(16(2)24(23-15)18-8-4-3-5-9-18)13-20(25)22-12-10-17-7-6-11-21-14-17;/h3-5,8-9,17,21H,6-7,10-14H2,1-2H3,(H,22,25);1H. The van der Waals surface area contributed by atoms with Crippen molar-refractivity contribution in [2.45, 2.75) is 39.5 Å². The number of piperidine rings is 1. The number of hydrogen-bond donors (Lipinski definition) is 2. The van der Waals surface area contributed by atoms with Crippen LogP contribution in [0.3, 0.4) is 0 Å². The maximum Gasteiger partial charge on any atom is 0.224 e. The highest BCUT2D eigenvalue weighted by Crippen LogP contribution is 2.18. The molecule has 0 bridgehead atoms. The zero-order valence-corrected chi connectivity index (χ0v) is 16.4. The van der Waals surface area contributed by atoms with Gasteiger partial charge in [0.25, 0.3) is 0 Å². The van der Waals surface area contributed by atoms with Crippen LogP contribution in [0.4, 0.5) is 0 Å². The van der Waals surface area contributed by atoms with Crippen molar-refractivity contribution in [3.8, 4) is 5.69 Å². The van der Waals surface area contributed by atoms with E-state index in [0.29, 0.717) is 12.3 Å². The van der Waals surface area contributed by atoms with Gasteiger partial charge in [-0.15, -0.1) is 12.4 Å². The van der Waals surface area contributed by atoms with Crippen LogP contribution in [0.25, 0.3) is 5.69 Å². The van der Waals surface area contributed by atoms with E-state index in [1.807, 2.05) is 48.9 Å². The van der Waals surface area contributed by atoms with E-state index in [9.17, 15) is 4.79 Å². The SMILES string of the molecule is Cc1nn(-c2ccccc2)c(C)c1CC(=O)NCCC1CCCNC1.Cl. The van der Waals surface area contributed by atoms with Crippen LogP contribution >= 0.6 is 12.4 Å². The lowest BCUT2D eigenvalue weighted by Gasteiger charge is -2.22. The summed E-state index contributed by atoms with van der Waals surface area (Å²) >= 11 is 0. The summed E-state index contributed by atoms with van der Waals surface area (Å²) in [4.78, 5) is 12.3. The summed E-state index contributed by atoms with van der Waals surface area (Å²) in [6.45, 7) is 6.98. The van der Waals surface area contributed by atoms with Gasteiger partial charge in [0, 0.05) is 17.8 Å². The van der Waals surface area contributed by atoms with E-state index in [-0.39, 0.29) is 18.3 Å². The number of halogens is 1. The second kappa shape index (κ2) is 9.74. The Morgan fingerprint density at radius 2 is 2.08 bits per heavy atom. The number of carbonyl (C=O) groups excluding carboxylic acids is 1. The Morgan fingerprint density at radius 3 is 2.77 bits per heavy atom. The Balaban J connectivity index is 0.00000243. The molecule has 3 rings (SSSR count). The Bertz CT molecular complexity index is 708. The van der Waals surface area contributed by atoms with Gasteiger partial charge in [0.05, 0.1) is 17.8 Å². The smallest absolute Gasteiger partial charge is 0.224 e. The molecule has 0 saturated carbocycles. The molecule has 1 aliphatic rings. The number of rotatable bonds is 6. The van der Waals surface area contributed by atoms with E-state index in [1.54, 1.807) is 0 Å². The summed E-state index contributed by atoms with van der Waals surface area (Å²) in [7, 11) is 0. The van der Waals surface area contributed by atoms with Crippen LogP contribution in [0.15, 0.2) is 30.3 Å². The predicted molar refractivity (Wildman–Crippen MR) is 107 cm³/mol. The van der Waals surface area contributed by atoms with Crippen molar-refractivity contribution in [3.05, 3.63) is 47.3 Å². The first-order valence-corrected chi connectivity index (χ1v) is 9.23. The third kappa shape index (κ3) is 5.08. The molecule has 1 unspecified atom stereocenters. The van der Waals surface area contributed by atoms with Crippen LogP contribution in [-0.4, -0.2) is 35.3 Å². The Hall–Kier alpha value is -1.85. The summed E-state index contributed by atoms with van der Waals surface area (Å²) < 4.78 is 1.92. The van der Waals surface area contributed by atoms with Gasteiger partial charge in [0.15, 0.2) is 0 Å². The van der Waals surface area contributed by atoms with Crippen molar-refractivity contribution < 1.29 is 4.79 Å². The number of hydrogen-bond acceptors (Lipinski definition) is 3. The molecule has 1 fully saturated rings. The van der Waals surface area contributed by atoms with Crippen molar-refractivity contribution >= 4 is 18.3 Å². The highest BCUT2D eigenvalue weighted by molar-refractivity contribution is 5.85. The fourth-order valence-corrected chi connectivity index (χ4v) is 3.56. The molecule has 1 aliphatic heterocycles. The number of benzene rings is 1. The zero-order valence-electron chi connectivity index (χ0n) is 15.6. The summed E-state index contributed by atoms with van der Waals surface area (Å²) in [5.41, 5.74) is 4.02. The first kappa shape index (κ1) is 20.5. The van der Waals surface area contributed by atoms with Crippen molar-refractivity contribution in [2.24, 2.45) is 5.92 Å². The predicted octanol–water partition coefficient (Wildman–Crippen LogP) is 2.96. The molecule has 1 aromatic heterocycles. The molecule has 0 aliphatic carbocycles. The minimum absolute atomic E-state index is 0. The van der Waals surface area contributed by atoms with Crippen LogP contribution in [-0.2, 0) is 11.2 Å². The molecule has 1 amide bonds. The maximum absolute atomic E-state index is 12.3. The number of amides is 1. The molecular formula is C20H29ClN4O. The highest BCUT2D eigenvalue weighted by Gasteiger charge is 2.17. The quantitative estimate of drug-likeness (QED) is 0.814.